The van der Waals surface area contributed by atoms with Gasteiger partial charge in [0.25, 0.3) is 0 Å². The number of rotatable bonds is 3. The lowest BCUT2D eigenvalue weighted by atomic mass is 10.1. The summed E-state index contributed by atoms with van der Waals surface area (Å²) < 4.78 is 1.85. The first-order valence-corrected chi connectivity index (χ1v) is 6.39. The van der Waals surface area contributed by atoms with Gasteiger partial charge < -0.3 is 5.11 Å². The molecule has 100 valence electrons. The van der Waals surface area contributed by atoms with Crippen molar-refractivity contribution in [1.29, 1.82) is 0 Å². The standard InChI is InChI=1S/C16H14N2O2/c1-11-14-8-7-13(16(19)20)9-15(14)18(17-11)10-12-5-3-2-4-6-12/h2-9H,10H2,1H3,(H,19,20). The van der Waals surface area contributed by atoms with Gasteiger partial charge in [0.15, 0.2) is 0 Å². The number of carbonyl (C=O) groups is 1. The number of aryl methyl sites for hydroxylation is 1. The molecule has 0 spiro atoms. The van der Waals surface area contributed by atoms with Gasteiger partial charge in [0, 0.05) is 5.39 Å². The summed E-state index contributed by atoms with van der Waals surface area (Å²) in [7, 11) is 0. The van der Waals surface area contributed by atoms with Crippen molar-refractivity contribution < 1.29 is 9.90 Å². The predicted octanol–water partition coefficient (Wildman–Crippen LogP) is 3.09. The number of hydrogen-bond donors (Lipinski definition) is 1. The molecule has 0 radical (unpaired) electrons. The molecule has 3 aromatic rings. The van der Waals surface area contributed by atoms with Crippen LogP contribution < -0.4 is 0 Å². The van der Waals surface area contributed by atoms with Gasteiger partial charge in [0.05, 0.1) is 23.3 Å². The maximum absolute atomic E-state index is 11.1. The minimum atomic E-state index is -0.919. The lowest BCUT2D eigenvalue weighted by Gasteiger charge is -2.04. The number of aromatic nitrogens is 2. The average Bonchev–Trinajstić information content (AvgIpc) is 2.76. The molecule has 4 heteroatoms. The molecule has 1 N–H and O–H groups in total. The highest BCUT2D eigenvalue weighted by atomic mass is 16.4. The van der Waals surface area contributed by atoms with Crippen LogP contribution in [0.4, 0.5) is 0 Å². The highest BCUT2D eigenvalue weighted by molar-refractivity contribution is 5.94. The zero-order valence-corrected chi connectivity index (χ0v) is 11.1. The minimum Gasteiger partial charge on any atom is -0.478 e. The van der Waals surface area contributed by atoms with E-state index in [4.69, 9.17) is 5.11 Å². The maximum Gasteiger partial charge on any atom is 0.335 e. The topological polar surface area (TPSA) is 55.1 Å². The summed E-state index contributed by atoms with van der Waals surface area (Å²) in [6.07, 6.45) is 0. The third kappa shape index (κ3) is 2.16. The molecule has 0 aliphatic rings. The number of aromatic carboxylic acids is 1. The van der Waals surface area contributed by atoms with E-state index in [0.29, 0.717) is 6.54 Å². The zero-order chi connectivity index (χ0) is 14.1. The van der Waals surface area contributed by atoms with Gasteiger partial charge in [-0.2, -0.15) is 5.10 Å². The molecule has 0 saturated heterocycles. The van der Waals surface area contributed by atoms with Gasteiger partial charge in [0.2, 0.25) is 0 Å². The first kappa shape index (κ1) is 12.4. The van der Waals surface area contributed by atoms with Gasteiger partial charge in [-0.15, -0.1) is 0 Å². The van der Waals surface area contributed by atoms with Crippen molar-refractivity contribution in [3.05, 3.63) is 65.4 Å². The van der Waals surface area contributed by atoms with E-state index in [-0.39, 0.29) is 5.56 Å². The first-order valence-electron chi connectivity index (χ1n) is 6.39. The molecular formula is C16H14N2O2. The second-order valence-electron chi connectivity index (χ2n) is 4.77. The van der Waals surface area contributed by atoms with Crippen molar-refractivity contribution in [1.82, 2.24) is 9.78 Å². The van der Waals surface area contributed by atoms with Crippen LogP contribution in [0.3, 0.4) is 0 Å². The average molecular weight is 266 g/mol. The quantitative estimate of drug-likeness (QED) is 0.792. The van der Waals surface area contributed by atoms with Gasteiger partial charge >= 0.3 is 5.97 Å². The summed E-state index contributed by atoms with van der Waals surface area (Å²) >= 11 is 0. The smallest absolute Gasteiger partial charge is 0.335 e. The molecule has 1 aromatic heterocycles. The first-order chi connectivity index (χ1) is 9.65. The predicted molar refractivity (Wildman–Crippen MR) is 77.0 cm³/mol. The Bertz CT molecular complexity index is 776. The van der Waals surface area contributed by atoms with Crippen LogP contribution in [0, 0.1) is 6.92 Å². The van der Waals surface area contributed by atoms with Crippen LogP contribution in [0.2, 0.25) is 0 Å². The van der Waals surface area contributed by atoms with Gasteiger partial charge in [-0.25, -0.2) is 4.79 Å². The molecule has 1 heterocycles. The molecule has 4 nitrogen and oxygen atoms in total. The third-order valence-electron chi connectivity index (χ3n) is 3.36. The number of carboxylic acid groups (broad SMARTS) is 1. The normalized spacial score (nSPS) is 10.8. The molecule has 0 aliphatic carbocycles. The summed E-state index contributed by atoms with van der Waals surface area (Å²) in [4.78, 5) is 11.1. The SMILES string of the molecule is Cc1nn(Cc2ccccc2)c2cc(C(=O)O)ccc12. The molecule has 20 heavy (non-hydrogen) atoms. The lowest BCUT2D eigenvalue weighted by Crippen LogP contribution is -2.02. The van der Waals surface area contributed by atoms with Gasteiger partial charge in [-0.3, -0.25) is 4.68 Å². The van der Waals surface area contributed by atoms with Crippen molar-refractivity contribution in [2.24, 2.45) is 0 Å². The zero-order valence-electron chi connectivity index (χ0n) is 11.1. The highest BCUT2D eigenvalue weighted by Gasteiger charge is 2.11. The second kappa shape index (κ2) is 4.81. The van der Waals surface area contributed by atoms with Crippen LogP contribution in [-0.2, 0) is 6.54 Å². The van der Waals surface area contributed by atoms with E-state index in [2.05, 4.69) is 5.10 Å². The number of carboxylic acids is 1. The van der Waals surface area contributed by atoms with E-state index in [1.54, 1.807) is 12.1 Å². The number of fused-ring (bicyclic) bond motifs is 1. The van der Waals surface area contributed by atoms with E-state index < -0.39 is 5.97 Å². The fourth-order valence-corrected chi connectivity index (χ4v) is 2.35. The van der Waals surface area contributed by atoms with Gasteiger partial charge in [-0.1, -0.05) is 36.4 Å². The van der Waals surface area contributed by atoms with E-state index >= 15 is 0 Å². The van der Waals surface area contributed by atoms with E-state index in [9.17, 15) is 4.79 Å². The van der Waals surface area contributed by atoms with Crippen molar-refractivity contribution in [3.8, 4) is 0 Å². The van der Waals surface area contributed by atoms with Crippen LogP contribution in [0.5, 0.6) is 0 Å². The van der Waals surface area contributed by atoms with E-state index in [0.717, 1.165) is 22.2 Å². The van der Waals surface area contributed by atoms with Crippen molar-refractivity contribution in [2.75, 3.05) is 0 Å². The Morgan fingerprint density at radius 3 is 2.65 bits per heavy atom. The highest BCUT2D eigenvalue weighted by Crippen LogP contribution is 2.20. The molecule has 0 fully saturated rings. The van der Waals surface area contributed by atoms with Crippen LogP contribution in [-0.4, -0.2) is 20.9 Å². The summed E-state index contributed by atoms with van der Waals surface area (Å²) in [6, 6.07) is 15.1. The number of nitrogens with zero attached hydrogens (tertiary/aromatic N) is 2. The second-order valence-corrected chi connectivity index (χ2v) is 4.77. The van der Waals surface area contributed by atoms with Crippen molar-refractivity contribution in [2.45, 2.75) is 13.5 Å². The summed E-state index contributed by atoms with van der Waals surface area (Å²) in [6.45, 7) is 2.57. The summed E-state index contributed by atoms with van der Waals surface area (Å²) in [5, 5.41) is 14.6. The molecule has 0 aliphatic heterocycles. The Balaban J connectivity index is 2.10. The molecule has 0 unspecified atom stereocenters. The number of hydrogen-bond acceptors (Lipinski definition) is 2. The Labute approximate surface area is 116 Å². The fourth-order valence-electron chi connectivity index (χ4n) is 2.35. The van der Waals surface area contributed by atoms with E-state index in [1.165, 1.54) is 0 Å². The molecule has 0 amide bonds. The molecule has 2 aromatic carbocycles. The maximum atomic E-state index is 11.1. The molecule has 3 rings (SSSR count). The minimum absolute atomic E-state index is 0.284. The van der Waals surface area contributed by atoms with Crippen LogP contribution >= 0.6 is 0 Å². The largest absolute Gasteiger partial charge is 0.478 e. The lowest BCUT2D eigenvalue weighted by molar-refractivity contribution is 0.0697. The van der Waals surface area contributed by atoms with Crippen LogP contribution in [0.25, 0.3) is 10.9 Å². The van der Waals surface area contributed by atoms with Crippen LogP contribution in [0.1, 0.15) is 21.6 Å². The van der Waals surface area contributed by atoms with Crippen molar-refractivity contribution in [3.63, 3.8) is 0 Å². The summed E-state index contributed by atoms with van der Waals surface area (Å²) in [5.74, 6) is -0.919. The van der Waals surface area contributed by atoms with Gasteiger partial charge in [-0.05, 0) is 24.6 Å². The number of benzene rings is 2. The third-order valence-corrected chi connectivity index (χ3v) is 3.36. The Kier molecular flexibility index (Phi) is 2.99. The van der Waals surface area contributed by atoms with Crippen molar-refractivity contribution >= 4 is 16.9 Å². The Morgan fingerprint density at radius 2 is 1.95 bits per heavy atom. The monoisotopic (exact) mass is 266 g/mol. The molecule has 0 bridgehead atoms. The fraction of sp³-hybridized carbons (Fsp3) is 0.125. The van der Waals surface area contributed by atoms with E-state index in [1.807, 2.05) is 48.0 Å². The molecule has 0 saturated carbocycles. The van der Waals surface area contributed by atoms with Gasteiger partial charge in [0.1, 0.15) is 0 Å². The van der Waals surface area contributed by atoms with Crippen LogP contribution in [0.15, 0.2) is 48.5 Å². The summed E-state index contributed by atoms with van der Waals surface area (Å²) in [5.41, 5.74) is 3.18. The molecule has 0 atom stereocenters. The Hall–Kier alpha value is -2.62. The molecular weight excluding hydrogens is 252 g/mol. The Morgan fingerprint density at radius 1 is 1.20 bits per heavy atom.